The van der Waals surface area contributed by atoms with Crippen molar-refractivity contribution in [2.24, 2.45) is 32.7 Å². The minimum Gasteiger partial charge on any atom is -0.247 e. The molecule has 0 aliphatic heterocycles. The predicted molar refractivity (Wildman–Crippen MR) is 155 cm³/mol. The number of isocyanates is 3. The number of hydrogen-bond acceptors (Lipinski definition) is 9. The molecule has 0 spiro atoms. The van der Waals surface area contributed by atoms with Gasteiger partial charge >= 0.3 is 17.1 Å². The molecule has 1 heterocycles. The van der Waals surface area contributed by atoms with E-state index in [1.807, 2.05) is 6.92 Å². The molecule has 12 nitrogen and oxygen atoms in total. The van der Waals surface area contributed by atoms with Crippen molar-refractivity contribution >= 4 is 18.2 Å². The molecule has 0 N–H and O–H groups in total. The first-order chi connectivity index (χ1) is 20.2. The van der Waals surface area contributed by atoms with Gasteiger partial charge in [-0.1, -0.05) is 32.1 Å². The minimum atomic E-state index is -0.695. The van der Waals surface area contributed by atoms with E-state index in [-0.39, 0.29) is 35.9 Å². The van der Waals surface area contributed by atoms with Gasteiger partial charge in [-0.15, -0.1) is 0 Å². The Morgan fingerprint density at radius 1 is 0.571 bits per heavy atom. The van der Waals surface area contributed by atoms with Crippen LogP contribution in [-0.2, 0) is 14.4 Å². The van der Waals surface area contributed by atoms with Crippen LogP contribution in [0.15, 0.2) is 29.4 Å². The molecule has 3 aliphatic rings. The monoisotopic (exact) mass is 582 g/mol. The van der Waals surface area contributed by atoms with E-state index in [1.165, 1.54) is 13.7 Å². The van der Waals surface area contributed by atoms with Crippen LogP contribution >= 0.6 is 0 Å². The highest BCUT2D eigenvalue weighted by Crippen LogP contribution is 2.37. The van der Waals surface area contributed by atoms with Gasteiger partial charge in [-0.3, -0.25) is 0 Å². The summed E-state index contributed by atoms with van der Waals surface area (Å²) in [5, 5.41) is 0. The van der Waals surface area contributed by atoms with Crippen LogP contribution in [-0.4, -0.2) is 50.1 Å². The molecule has 0 saturated heterocycles. The summed E-state index contributed by atoms with van der Waals surface area (Å²) in [6, 6.07) is -2.77. The zero-order valence-corrected chi connectivity index (χ0v) is 24.8. The van der Waals surface area contributed by atoms with Crippen molar-refractivity contribution in [2.75, 3.05) is 0 Å². The summed E-state index contributed by atoms with van der Waals surface area (Å²) < 4.78 is 3.57. The molecule has 4 rings (SSSR count). The largest absolute Gasteiger partial charge is 0.336 e. The van der Waals surface area contributed by atoms with Crippen LogP contribution < -0.4 is 17.1 Å². The molecule has 1 aromatic rings. The zero-order valence-electron chi connectivity index (χ0n) is 24.8. The van der Waals surface area contributed by atoms with Crippen LogP contribution in [0.2, 0.25) is 0 Å². The van der Waals surface area contributed by atoms with Crippen molar-refractivity contribution in [3.63, 3.8) is 0 Å². The number of hydrogen-bond donors (Lipinski definition) is 0. The second-order valence-electron chi connectivity index (χ2n) is 12.5. The average Bonchev–Trinajstić information content (AvgIpc) is 2.98. The molecule has 228 valence electrons. The second-order valence-corrected chi connectivity index (χ2v) is 12.5. The number of carbonyl (C=O) groups excluding carboxylic acids is 3. The van der Waals surface area contributed by atoms with E-state index in [0.29, 0.717) is 32.1 Å². The van der Waals surface area contributed by atoms with E-state index in [2.05, 4.69) is 15.0 Å². The highest BCUT2D eigenvalue weighted by atomic mass is 16.2. The van der Waals surface area contributed by atoms with Gasteiger partial charge in [-0.05, 0) is 71.6 Å². The van der Waals surface area contributed by atoms with Crippen LogP contribution in [0.1, 0.15) is 116 Å². The molecule has 0 bridgehead atoms. The van der Waals surface area contributed by atoms with E-state index < -0.39 is 35.2 Å². The van der Waals surface area contributed by atoms with Crippen LogP contribution in [0, 0.1) is 17.8 Å². The highest BCUT2D eigenvalue weighted by molar-refractivity contribution is 5.34. The lowest BCUT2D eigenvalue weighted by atomic mass is 9.80. The van der Waals surface area contributed by atoms with Gasteiger partial charge in [0.05, 0.1) is 18.1 Å². The molecular formula is C30H42N6O6. The molecule has 3 aliphatic carbocycles. The maximum atomic E-state index is 14.2. The fourth-order valence-corrected chi connectivity index (χ4v) is 7.92. The van der Waals surface area contributed by atoms with E-state index in [9.17, 15) is 28.8 Å². The third-order valence-corrected chi connectivity index (χ3v) is 10.3. The van der Waals surface area contributed by atoms with Crippen molar-refractivity contribution in [3.05, 3.63) is 31.5 Å². The first kappa shape index (κ1) is 31.5. The van der Waals surface area contributed by atoms with E-state index in [0.717, 1.165) is 44.9 Å². The van der Waals surface area contributed by atoms with Crippen molar-refractivity contribution in [1.29, 1.82) is 0 Å². The summed E-state index contributed by atoms with van der Waals surface area (Å²) in [6.07, 6.45) is 14.0. The Bertz CT molecular complexity index is 1360. The summed E-state index contributed by atoms with van der Waals surface area (Å²) in [5.41, 5.74) is -2.06. The fourth-order valence-electron chi connectivity index (χ4n) is 7.92. The third kappa shape index (κ3) is 6.31. The van der Waals surface area contributed by atoms with Gasteiger partial charge in [0, 0.05) is 30.0 Å². The molecule has 0 aromatic carbocycles. The molecule has 0 radical (unpaired) electrons. The Kier molecular flexibility index (Phi) is 10.6. The van der Waals surface area contributed by atoms with Crippen LogP contribution in [0.4, 0.5) is 0 Å². The molecular weight excluding hydrogens is 540 g/mol. The number of aromatic nitrogens is 3. The fraction of sp³-hybridized carbons (Fsp3) is 0.800. The molecule has 0 amide bonds. The van der Waals surface area contributed by atoms with E-state index in [4.69, 9.17) is 0 Å². The summed E-state index contributed by atoms with van der Waals surface area (Å²) >= 11 is 0. The van der Waals surface area contributed by atoms with Crippen molar-refractivity contribution in [3.8, 4) is 0 Å². The molecule has 42 heavy (non-hydrogen) atoms. The maximum absolute atomic E-state index is 14.2. The van der Waals surface area contributed by atoms with Gasteiger partial charge in [-0.25, -0.2) is 57.4 Å². The lowest BCUT2D eigenvalue weighted by Crippen LogP contribution is -2.59. The number of nitrogens with zero attached hydrogens (tertiary/aromatic N) is 6. The topological polar surface area (TPSA) is 154 Å². The Morgan fingerprint density at radius 2 is 1.00 bits per heavy atom. The standard InChI is InChI=1S/C30H42N6O6/c1-19(22-9-8-10-23(15-22)31-16-37)34-28(40)35(20(2)24-11-4-6-13-26(24)32-17-38)30(42)36(29(34)41)21(3)25-12-5-7-14-27(25)33-18-39/h19-27H,4-15H2,1-3H3. The van der Waals surface area contributed by atoms with E-state index in [1.54, 1.807) is 32.1 Å². The van der Waals surface area contributed by atoms with Crippen molar-refractivity contribution in [2.45, 2.75) is 134 Å². The molecule has 3 fully saturated rings. The number of rotatable bonds is 9. The van der Waals surface area contributed by atoms with Gasteiger partial charge in [0.1, 0.15) is 0 Å². The van der Waals surface area contributed by atoms with Gasteiger partial charge < -0.3 is 0 Å². The Morgan fingerprint density at radius 3 is 1.45 bits per heavy atom. The van der Waals surface area contributed by atoms with E-state index >= 15 is 0 Å². The quantitative estimate of drug-likeness (QED) is 0.320. The smallest absolute Gasteiger partial charge is 0.247 e. The second kappa shape index (κ2) is 14.1. The summed E-state index contributed by atoms with van der Waals surface area (Å²) in [4.78, 5) is 88.0. The predicted octanol–water partition coefficient (Wildman–Crippen LogP) is 3.54. The third-order valence-electron chi connectivity index (χ3n) is 10.3. The summed E-state index contributed by atoms with van der Waals surface area (Å²) in [5.74, 6) is -0.613. The first-order valence-corrected chi connectivity index (χ1v) is 15.5. The van der Waals surface area contributed by atoms with Crippen molar-refractivity contribution in [1.82, 2.24) is 13.7 Å². The van der Waals surface area contributed by atoms with Gasteiger partial charge in [0.25, 0.3) is 0 Å². The average molecular weight is 583 g/mol. The van der Waals surface area contributed by atoms with Crippen LogP contribution in [0.3, 0.4) is 0 Å². The molecule has 1 aromatic heterocycles. The normalized spacial score (nSPS) is 30.1. The summed E-state index contributed by atoms with van der Waals surface area (Å²) in [6.45, 7) is 5.39. The van der Waals surface area contributed by atoms with Gasteiger partial charge in [0.2, 0.25) is 18.2 Å². The zero-order chi connectivity index (χ0) is 30.4. The lowest BCUT2D eigenvalue weighted by Gasteiger charge is -2.37. The van der Waals surface area contributed by atoms with Gasteiger partial charge in [0.15, 0.2) is 0 Å². The van der Waals surface area contributed by atoms with Crippen LogP contribution in [0.5, 0.6) is 0 Å². The highest BCUT2D eigenvalue weighted by Gasteiger charge is 2.38. The Balaban J connectivity index is 1.89. The number of aliphatic imine (C=N–C) groups is 3. The molecule has 3 saturated carbocycles. The molecule has 9 unspecified atom stereocenters. The Hall–Kier alpha value is -3.45. The summed E-state index contributed by atoms with van der Waals surface area (Å²) in [7, 11) is 0. The SMILES string of the molecule is CC(C1CCCC(N=C=O)C1)n1c(=O)n(C(C)C2CCCCC2N=C=O)c(=O)n(C(C)C2CCCCC2N=C=O)c1=O. The maximum Gasteiger partial charge on any atom is 0.336 e. The van der Waals surface area contributed by atoms with Crippen LogP contribution in [0.25, 0.3) is 0 Å². The Labute approximate surface area is 244 Å². The molecule has 12 heteroatoms. The first-order valence-electron chi connectivity index (χ1n) is 15.5. The minimum absolute atomic E-state index is 0.111. The van der Waals surface area contributed by atoms with Gasteiger partial charge in [-0.2, -0.15) is 0 Å². The lowest BCUT2D eigenvalue weighted by molar-refractivity contribution is 0.176. The molecule has 9 atom stereocenters. The van der Waals surface area contributed by atoms with Crippen molar-refractivity contribution < 1.29 is 14.4 Å².